The molecule has 0 unspecified atom stereocenters. The van der Waals surface area contributed by atoms with Crippen molar-refractivity contribution in [1.82, 2.24) is 15.1 Å². The van der Waals surface area contributed by atoms with Gasteiger partial charge >= 0.3 is 6.03 Å². The van der Waals surface area contributed by atoms with Gasteiger partial charge in [0.15, 0.2) is 0 Å². The molecule has 1 saturated carbocycles. The first-order valence-electron chi connectivity index (χ1n) is 9.18. The molecule has 7 heteroatoms. The second-order valence-electron chi connectivity index (χ2n) is 6.84. The maximum Gasteiger partial charge on any atom is 0.319 e. The van der Waals surface area contributed by atoms with Gasteiger partial charge in [0.25, 0.3) is 5.91 Å². The Labute approximate surface area is 162 Å². The molecular formula is C21H21N5O2. The zero-order valence-corrected chi connectivity index (χ0v) is 15.5. The van der Waals surface area contributed by atoms with E-state index in [0.29, 0.717) is 16.9 Å². The Morgan fingerprint density at radius 3 is 2.46 bits per heavy atom. The Hall–Kier alpha value is -3.61. The van der Waals surface area contributed by atoms with Crippen molar-refractivity contribution < 1.29 is 9.59 Å². The Kier molecular flexibility index (Phi) is 4.80. The standard InChI is InChI=1S/C21H21N5O2/c1-14-10-11-22-26(14)19-7-3-6-18(13-19)23-20(27)15-4-2-5-17(12-15)25-21(28)24-16-8-9-16/h2-7,10-13,16H,8-9H2,1H3,(H,23,27)(H2,24,25,28). The lowest BCUT2D eigenvalue weighted by molar-refractivity contribution is 0.102. The third-order valence-corrected chi connectivity index (χ3v) is 4.48. The molecular weight excluding hydrogens is 354 g/mol. The number of hydrogen-bond donors (Lipinski definition) is 3. The van der Waals surface area contributed by atoms with Crippen LogP contribution in [-0.4, -0.2) is 27.8 Å². The zero-order chi connectivity index (χ0) is 19.5. The Morgan fingerprint density at radius 1 is 1.00 bits per heavy atom. The molecule has 1 aliphatic carbocycles. The van der Waals surface area contributed by atoms with Crippen molar-refractivity contribution in [1.29, 1.82) is 0 Å². The van der Waals surface area contributed by atoms with Crippen molar-refractivity contribution >= 4 is 23.3 Å². The number of amides is 3. The molecule has 7 nitrogen and oxygen atoms in total. The maximum atomic E-state index is 12.6. The van der Waals surface area contributed by atoms with E-state index < -0.39 is 0 Å². The first kappa shape index (κ1) is 17.8. The molecule has 2 aromatic carbocycles. The summed E-state index contributed by atoms with van der Waals surface area (Å²) >= 11 is 0. The number of carbonyl (C=O) groups excluding carboxylic acids is 2. The number of carbonyl (C=O) groups is 2. The van der Waals surface area contributed by atoms with Gasteiger partial charge in [-0.3, -0.25) is 4.79 Å². The highest BCUT2D eigenvalue weighted by atomic mass is 16.2. The minimum Gasteiger partial charge on any atom is -0.335 e. The number of nitrogens with zero attached hydrogens (tertiary/aromatic N) is 2. The molecule has 28 heavy (non-hydrogen) atoms. The summed E-state index contributed by atoms with van der Waals surface area (Å²) < 4.78 is 1.80. The predicted octanol–water partition coefficient (Wildman–Crippen LogP) is 3.72. The van der Waals surface area contributed by atoms with E-state index in [9.17, 15) is 9.59 Å². The Bertz CT molecular complexity index is 1020. The fourth-order valence-electron chi connectivity index (χ4n) is 2.88. The summed E-state index contributed by atoms with van der Waals surface area (Å²) in [7, 11) is 0. The fourth-order valence-corrected chi connectivity index (χ4v) is 2.88. The minimum absolute atomic E-state index is 0.248. The zero-order valence-electron chi connectivity index (χ0n) is 15.5. The quantitative estimate of drug-likeness (QED) is 0.635. The van der Waals surface area contributed by atoms with Crippen molar-refractivity contribution in [2.75, 3.05) is 10.6 Å². The molecule has 1 fully saturated rings. The van der Waals surface area contributed by atoms with Crippen LogP contribution in [0, 0.1) is 6.92 Å². The average Bonchev–Trinajstić information content (AvgIpc) is 3.39. The van der Waals surface area contributed by atoms with Gasteiger partial charge in [0.05, 0.1) is 5.69 Å². The molecule has 4 rings (SSSR count). The van der Waals surface area contributed by atoms with Gasteiger partial charge < -0.3 is 16.0 Å². The number of hydrogen-bond acceptors (Lipinski definition) is 3. The van der Waals surface area contributed by atoms with E-state index in [0.717, 1.165) is 24.2 Å². The summed E-state index contributed by atoms with van der Waals surface area (Å²) in [6.07, 6.45) is 3.78. The molecule has 3 amide bonds. The summed E-state index contributed by atoms with van der Waals surface area (Å²) in [5.74, 6) is -0.249. The number of anilines is 2. The minimum atomic E-state index is -0.249. The van der Waals surface area contributed by atoms with Crippen LogP contribution in [-0.2, 0) is 0 Å². The molecule has 0 radical (unpaired) electrons. The third-order valence-electron chi connectivity index (χ3n) is 4.48. The van der Waals surface area contributed by atoms with Gasteiger partial charge in [0, 0.05) is 34.9 Å². The predicted molar refractivity (Wildman–Crippen MR) is 108 cm³/mol. The topological polar surface area (TPSA) is 88.1 Å². The van der Waals surface area contributed by atoms with Crippen LogP contribution in [0.25, 0.3) is 5.69 Å². The SMILES string of the molecule is Cc1ccnn1-c1cccc(NC(=O)c2cccc(NC(=O)NC3CC3)c2)c1. The van der Waals surface area contributed by atoms with Crippen LogP contribution >= 0.6 is 0 Å². The number of benzene rings is 2. The van der Waals surface area contributed by atoms with E-state index in [1.54, 1.807) is 35.1 Å². The molecule has 1 heterocycles. The van der Waals surface area contributed by atoms with Gasteiger partial charge in [-0.1, -0.05) is 12.1 Å². The second kappa shape index (κ2) is 7.56. The molecule has 0 spiro atoms. The van der Waals surface area contributed by atoms with Gasteiger partial charge in [0.2, 0.25) is 0 Å². The smallest absolute Gasteiger partial charge is 0.319 e. The van der Waals surface area contributed by atoms with Crippen LogP contribution in [0.4, 0.5) is 16.2 Å². The molecule has 3 N–H and O–H groups in total. The lowest BCUT2D eigenvalue weighted by atomic mass is 10.1. The number of rotatable bonds is 5. The van der Waals surface area contributed by atoms with Gasteiger partial charge in [-0.25, -0.2) is 9.48 Å². The van der Waals surface area contributed by atoms with Crippen molar-refractivity contribution in [2.45, 2.75) is 25.8 Å². The van der Waals surface area contributed by atoms with Crippen LogP contribution < -0.4 is 16.0 Å². The summed E-state index contributed by atoms with van der Waals surface area (Å²) in [5.41, 5.74) is 3.58. The molecule has 0 aliphatic heterocycles. The van der Waals surface area contributed by atoms with E-state index in [2.05, 4.69) is 21.0 Å². The molecule has 0 atom stereocenters. The second-order valence-corrected chi connectivity index (χ2v) is 6.84. The Morgan fingerprint density at radius 2 is 1.75 bits per heavy atom. The van der Waals surface area contributed by atoms with Crippen LogP contribution in [0.5, 0.6) is 0 Å². The highest BCUT2D eigenvalue weighted by Gasteiger charge is 2.23. The lowest BCUT2D eigenvalue weighted by Crippen LogP contribution is -2.30. The van der Waals surface area contributed by atoms with Gasteiger partial charge in [0.1, 0.15) is 0 Å². The van der Waals surface area contributed by atoms with Crippen molar-refractivity contribution in [3.8, 4) is 5.69 Å². The van der Waals surface area contributed by atoms with Crippen molar-refractivity contribution in [3.05, 3.63) is 72.1 Å². The van der Waals surface area contributed by atoms with Crippen LogP contribution in [0.1, 0.15) is 28.9 Å². The molecule has 1 aromatic heterocycles. The van der Waals surface area contributed by atoms with Crippen molar-refractivity contribution in [2.24, 2.45) is 0 Å². The summed E-state index contributed by atoms with van der Waals surface area (Å²) in [6, 6.07) is 16.3. The van der Waals surface area contributed by atoms with Crippen LogP contribution in [0.15, 0.2) is 60.8 Å². The van der Waals surface area contributed by atoms with E-state index in [-0.39, 0.29) is 18.0 Å². The summed E-state index contributed by atoms with van der Waals surface area (Å²) in [5, 5.41) is 12.8. The first-order valence-corrected chi connectivity index (χ1v) is 9.18. The first-order chi connectivity index (χ1) is 13.6. The van der Waals surface area contributed by atoms with Crippen LogP contribution in [0.2, 0.25) is 0 Å². The summed E-state index contributed by atoms with van der Waals surface area (Å²) in [4.78, 5) is 24.5. The van der Waals surface area contributed by atoms with Gasteiger partial charge in [-0.15, -0.1) is 0 Å². The van der Waals surface area contributed by atoms with Gasteiger partial charge in [-0.05, 0) is 62.2 Å². The van der Waals surface area contributed by atoms with Gasteiger partial charge in [-0.2, -0.15) is 5.10 Å². The monoisotopic (exact) mass is 375 g/mol. The molecule has 1 aliphatic rings. The maximum absolute atomic E-state index is 12.6. The lowest BCUT2D eigenvalue weighted by Gasteiger charge is -2.10. The molecule has 0 saturated heterocycles. The van der Waals surface area contributed by atoms with E-state index >= 15 is 0 Å². The van der Waals surface area contributed by atoms with E-state index in [4.69, 9.17) is 0 Å². The summed E-state index contributed by atoms with van der Waals surface area (Å²) in [6.45, 7) is 1.97. The van der Waals surface area contributed by atoms with Crippen molar-refractivity contribution in [3.63, 3.8) is 0 Å². The van der Waals surface area contributed by atoms with E-state index in [1.165, 1.54) is 0 Å². The number of nitrogens with one attached hydrogen (secondary N) is 3. The van der Waals surface area contributed by atoms with Crippen LogP contribution in [0.3, 0.4) is 0 Å². The molecule has 3 aromatic rings. The molecule has 142 valence electrons. The Balaban J connectivity index is 1.45. The fraction of sp³-hybridized carbons (Fsp3) is 0.190. The normalized spacial score (nSPS) is 13.0. The highest BCUT2D eigenvalue weighted by Crippen LogP contribution is 2.20. The third kappa shape index (κ3) is 4.20. The largest absolute Gasteiger partial charge is 0.335 e. The number of aromatic nitrogens is 2. The highest BCUT2D eigenvalue weighted by molar-refractivity contribution is 6.05. The number of aryl methyl sites for hydroxylation is 1. The average molecular weight is 375 g/mol. The molecule has 0 bridgehead atoms. The number of urea groups is 1. The van der Waals surface area contributed by atoms with E-state index in [1.807, 2.05) is 37.3 Å².